The van der Waals surface area contributed by atoms with Crippen LogP contribution in [0.25, 0.3) is 31.3 Å². The van der Waals surface area contributed by atoms with Gasteiger partial charge in [0.2, 0.25) is 0 Å². The molecule has 7 aliphatic rings. The standard InChI is InChI=1S/C84H94BN3S/c1-76(2,3)53-30-27-51(28-31-53)52-29-34-67-64(43-52)83(16)35-20-21-36-84(83,17)88(67)55-45-71-74-72(46-55)87(68-25-22-24-57-56-23-18-19-26-73(56)89-75(57)68)70-50-63-61(80(10,11)40-42-82(63,14)15)48-66(70)85(74)65-47-60-62(81(12,13)41-39-79(60,8)9)49-69(65)86(71)54-32-33-58-59(44-54)78(6,7)38-37-77(58,4)5/h18-19,22-34,43-50H,20-21,35-42H2,1-17H3. The Morgan fingerprint density at radius 3 is 1.51 bits per heavy atom. The van der Waals surface area contributed by atoms with Crippen molar-refractivity contribution in [2.75, 3.05) is 14.7 Å². The number of anilines is 8. The fourth-order valence-corrected chi connectivity index (χ4v) is 20.1. The molecule has 5 heteroatoms. The van der Waals surface area contributed by atoms with Gasteiger partial charge in [-0.15, -0.1) is 11.3 Å². The maximum Gasteiger partial charge on any atom is 0.252 e. The summed E-state index contributed by atoms with van der Waals surface area (Å²) < 4.78 is 2.69. The number of hydrogen-bond donors (Lipinski definition) is 0. The third-order valence-corrected chi connectivity index (χ3v) is 26.4. The van der Waals surface area contributed by atoms with E-state index in [1.807, 2.05) is 11.3 Å². The molecule has 9 aromatic rings. The third-order valence-electron chi connectivity index (χ3n) is 25.2. The largest absolute Gasteiger partial charge is 0.334 e. The molecule has 1 fully saturated rings. The topological polar surface area (TPSA) is 9.72 Å². The Morgan fingerprint density at radius 1 is 0.382 bits per heavy atom. The molecule has 89 heavy (non-hydrogen) atoms. The molecule has 4 aliphatic carbocycles. The summed E-state index contributed by atoms with van der Waals surface area (Å²) in [7, 11) is 0. The quantitative estimate of drug-likeness (QED) is 0.163. The minimum Gasteiger partial charge on any atom is -0.334 e. The second-order valence-electron chi connectivity index (χ2n) is 34.4. The zero-order valence-corrected chi connectivity index (χ0v) is 57.5. The summed E-state index contributed by atoms with van der Waals surface area (Å²) in [6.45, 7) is 42.5. The Kier molecular flexibility index (Phi) is 12.0. The summed E-state index contributed by atoms with van der Waals surface area (Å²) >= 11 is 1.97. The highest BCUT2D eigenvalue weighted by Gasteiger charge is 2.59. The summed E-state index contributed by atoms with van der Waals surface area (Å²) in [5.74, 6) is 0. The van der Waals surface area contributed by atoms with E-state index in [2.05, 4.69) is 272 Å². The van der Waals surface area contributed by atoms with Crippen molar-refractivity contribution < 1.29 is 0 Å². The number of nitrogens with zero attached hydrogens (tertiary/aromatic N) is 3. The lowest BCUT2D eigenvalue weighted by Gasteiger charge is -2.52. The molecule has 0 radical (unpaired) electrons. The van der Waals surface area contributed by atoms with E-state index in [0.29, 0.717) is 0 Å². The maximum atomic E-state index is 2.90. The molecule has 4 heterocycles. The van der Waals surface area contributed by atoms with Crippen LogP contribution in [0.4, 0.5) is 45.5 Å². The van der Waals surface area contributed by atoms with Gasteiger partial charge < -0.3 is 14.7 Å². The molecular weight excluding hydrogens is 1090 g/mol. The van der Waals surface area contributed by atoms with Crippen molar-refractivity contribution in [3.8, 4) is 11.1 Å². The van der Waals surface area contributed by atoms with E-state index in [9.17, 15) is 0 Å². The summed E-state index contributed by atoms with van der Waals surface area (Å²) in [5.41, 5.74) is 29.3. The Balaban J connectivity index is 1.05. The normalized spacial score (nSPS) is 23.4. The Labute approximate surface area is 537 Å². The van der Waals surface area contributed by atoms with E-state index < -0.39 is 0 Å². The lowest BCUT2D eigenvalue weighted by Crippen LogP contribution is -2.62. The molecular formula is C84H94BN3S. The van der Waals surface area contributed by atoms with Crippen LogP contribution in [-0.2, 0) is 43.3 Å². The van der Waals surface area contributed by atoms with Crippen LogP contribution >= 0.6 is 11.3 Å². The van der Waals surface area contributed by atoms with Crippen LogP contribution in [0.3, 0.4) is 0 Å². The van der Waals surface area contributed by atoms with Gasteiger partial charge in [0.05, 0.1) is 15.9 Å². The molecule has 2 atom stereocenters. The molecule has 0 amide bonds. The SMILES string of the molecule is CC(C)(C)c1ccc(-c2ccc3c(c2)C2(C)CCCCC2(C)N3c2cc3c4c(c2)N(c2cccc5c2sc2ccccc25)c2cc5c(cc2B4c2cc4c(cc2N3c2ccc3c(c2)C(C)(C)CCC3(C)C)C(C)(C)CCC4(C)C)C(C)(C)CCC5(C)C)cc1. The van der Waals surface area contributed by atoms with E-state index in [1.54, 1.807) is 0 Å². The molecule has 1 aromatic heterocycles. The van der Waals surface area contributed by atoms with Crippen molar-refractivity contribution >= 4 is 100 Å². The second-order valence-corrected chi connectivity index (χ2v) is 35.5. The van der Waals surface area contributed by atoms with Crippen LogP contribution in [0.2, 0.25) is 0 Å². The van der Waals surface area contributed by atoms with E-state index in [-0.39, 0.29) is 55.6 Å². The number of hydrogen-bond acceptors (Lipinski definition) is 4. The fourth-order valence-electron chi connectivity index (χ4n) is 18.9. The first-order valence-corrected chi connectivity index (χ1v) is 35.0. The van der Waals surface area contributed by atoms with Crippen molar-refractivity contribution in [1.82, 2.24) is 0 Å². The second kappa shape index (κ2) is 18.6. The summed E-state index contributed by atoms with van der Waals surface area (Å²) in [4.78, 5) is 8.54. The summed E-state index contributed by atoms with van der Waals surface area (Å²) in [6, 6.07) is 57.6. The molecule has 1 saturated carbocycles. The monoisotopic (exact) mass is 1190 g/mol. The van der Waals surface area contributed by atoms with Gasteiger partial charge in [0.1, 0.15) is 0 Å². The average Bonchev–Trinajstić information content (AvgIpc) is 1.23. The number of thiophene rings is 1. The molecule has 454 valence electrons. The van der Waals surface area contributed by atoms with Gasteiger partial charge in [0.25, 0.3) is 6.71 Å². The number of rotatable bonds is 4. The van der Waals surface area contributed by atoms with Gasteiger partial charge in [0.15, 0.2) is 0 Å². The molecule has 3 aliphatic heterocycles. The van der Waals surface area contributed by atoms with Crippen LogP contribution < -0.4 is 31.1 Å². The molecule has 0 spiro atoms. The van der Waals surface area contributed by atoms with Crippen molar-refractivity contribution in [3.63, 3.8) is 0 Å². The highest BCUT2D eigenvalue weighted by Crippen LogP contribution is 2.63. The average molecular weight is 1190 g/mol. The minimum absolute atomic E-state index is 0.0000223. The molecule has 0 bridgehead atoms. The zero-order chi connectivity index (χ0) is 62.3. The van der Waals surface area contributed by atoms with Crippen LogP contribution in [0.15, 0.2) is 140 Å². The van der Waals surface area contributed by atoms with Gasteiger partial charge in [-0.1, -0.05) is 202 Å². The molecule has 8 aromatic carbocycles. The van der Waals surface area contributed by atoms with E-state index in [0.717, 1.165) is 25.7 Å². The number of benzene rings is 8. The van der Waals surface area contributed by atoms with Crippen LogP contribution in [0.1, 0.15) is 226 Å². The van der Waals surface area contributed by atoms with Gasteiger partial charge in [-0.3, -0.25) is 0 Å². The first kappa shape index (κ1) is 57.6. The van der Waals surface area contributed by atoms with Gasteiger partial charge in [-0.05, 0) is 229 Å². The maximum absolute atomic E-state index is 2.90. The Bertz CT molecular complexity index is 4500. The van der Waals surface area contributed by atoms with Gasteiger partial charge in [-0.25, -0.2) is 0 Å². The minimum atomic E-state index is -0.201. The first-order chi connectivity index (χ1) is 41.9. The van der Waals surface area contributed by atoms with E-state index in [4.69, 9.17) is 0 Å². The smallest absolute Gasteiger partial charge is 0.252 e. The van der Waals surface area contributed by atoms with Crippen LogP contribution in [0, 0.1) is 0 Å². The van der Waals surface area contributed by atoms with Crippen LogP contribution in [-0.4, -0.2) is 12.3 Å². The molecule has 3 nitrogen and oxygen atoms in total. The van der Waals surface area contributed by atoms with Crippen LogP contribution in [0.5, 0.6) is 0 Å². The van der Waals surface area contributed by atoms with Crippen molar-refractivity contribution in [1.29, 1.82) is 0 Å². The number of fused-ring (bicyclic) bond motifs is 13. The Morgan fingerprint density at radius 2 is 0.899 bits per heavy atom. The highest BCUT2D eigenvalue weighted by atomic mass is 32.1. The zero-order valence-electron chi connectivity index (χ0n) is 56.7. The molecule has 0 saturated heterocycles. The lowest BCUT2D eigenvalue weighted by atomic mass is 9.32. The predicted octanol–water partition coefficient (Wildman–Crippen LogP) is 21.9. The van der Waals surface area contributed by atoms with Gasteiger partial charge in [0, 0.05) is 60.7 Å². The third kappa shape index (κ3) is 8.13. The molecule has 0 N–H and O–H groups in total. The Hall–Kier alpha value is -6.56. The predicted molar refractivity (Wildman–Crippen MR) is 386 cm³/mol. The van der Waals surface area contributed by atoms with Gasteiger partial charge in [-0.2, -0.15) is 0 Å². The van der Waals surface area contributed by atoms with Crippen molar-refractivity contribution in [2.24, 2.45) is 0 Å². The van der Waals surface area contributed by atoms with E-state index >= 15 is 0 Å². The van der Waals surface area contributed by atoms with Gasteiger partial charge >= 0.3 is 0 Å². The summed E-state index contributed by atoms with van der Waals surface area (Å²) in [5, 5.41) is 2.67. The molecule has 2 unspecified atom stereocenters. The molecule has 16 rings (SSSR count). The highest BCUT2D eigenvalue weighted by molar-refractivity contribution is 7.26. The first-order valence-electron chi connectivity index (χ1n) is 34.2. The lowest BCUT2D eigenvalue weighted by molar-refractivity contribution is 0.195. The fraction of sp³-hybridized carbons (Fsp3) is 0.429. The van der Waals surface area contributed by atoms with E-state index in [1.165, 1.54) is 176 Å². The van der Waals surface area contributed by atoms with Crippen molar-refractivity contribution in [3.05, 3.63) is 184 Å². The summed E-state index contributed by atoms with van der Waals surface area (Å²) in [6.07, 6.45) is 11.7. The van der Waals surface area contributed by atoms with Crippen molar-refractivity contribution in [2.45, 2.75) is 231 Å².